The molecule has 70 valence electrons. The fourth-order valence-corrected chi connectivity index (χ4v) is 1.04. The highest BCUT2D eigenvalue weighted by atomic mass is 79.9. The Kier molecular flexibility index (Phi) is 3.25. The molecule has 0 saturated carbocycles. The molecule has 0 aliphatic carbocycles. The number of hydrogen-bond donors (Lipinski definition) is 0. The third-order valence-corrected chi connectivity index (χ3v) is 1.90. The zero-order chi connectivity index (χ0) is 9.84. The fraction of sp³-hybridized carbons (Fsp3) is 0.250. The van der Waals surface area contributed by atoms with Crippen LogP contribution in [0.1, 0.15) is 21.1 Å². The van der Waals surface area contributed by atoms with Crippen molar-refractivity contribution in [1.82, 2.24) is 0 Å². The Morgan fingerprint density at radius 3 is 2.62 bits per heavy atom. The smallest absolute Gasteiger partial charge is 0.373 e. The largest absolute Gasteiger partial charge is 0.463 e. The van der Waals surface area contributed by atoms with Crippen LogP contribution in [0.2, 0.25) is 0 Å². The maximum atomic E-state index is 11.0. The molecule has 0 aromatic carbocycles. The molecular formula is C8H7BrO4. The van der Waals surface area contributed by atoms with E-state index in [1.54, 1.807) is 0 Å². The molecule has 0 saturated heterocycles. The molecule has 0 aliphatic rings. The Labute approximate surface area is 83.0 Å². The summed E-state index contributed by atoms with van der Waals surface area (Å²) >= 11 is 2.99. The van der Waals surface area contributed by atoms with Crippen molar-refractivity contribution in [3.63, 3.8) is 0 Å². The van der Waals surface area contributed by atoms with Crippen molar-refractivity contribution in [2.45, 2.75) is 0 Å². The number of carbonyl (C=O) groups excluding carboxylic acids is 2. The van der Waals surface area contributed by atoms with Gasteiger partial charge in [0, 0.05) is 0 Å². The maximum Gasteiger partial charge on any atom is 0.373 e. The normalized spacial score (nSPS) is 9.69. The van der Waals surface area contributed by atoms with Gasteiger partial charge in [-0.2, -0.15) is 0 Å². The summed E-state index contributed by atoms with van der Waals surface area (Å²) < 4.78 is 9.34. The summed E-state index contributed by atoms with van der Waals surface area (Å²) in [6.07, 6.45) is 0. The average Bonchev–Trinajstić information content (AvgIpc) is 2.64. The third kappa shape index (κ3) is 2.18. The van der Waals surface area contributed by atoms with Gasteiger partial charge in [0.15, 0.2) is 5.76 Å². The number of halogens is 1. The van der Waals surface area contributed by atoms with Crippen LogP contribution in [-0.4, -0.2) is 24.2 Å². The van der Waals surface area contributed by atoms with Gasteiger partial charge in [0.05, 0.1) is 12.4 Å². The van der Waals surface area contributed by atoms with Crippen molar-refractivity contribution >= 4 is 27.7 Å². The number of alkyl halides is 1. The lowest BCUT2D eigenvalue weighted by Gasteiger charge is -1.92. The van der Waals surface area contributed by atoms with E-state index in [1.165, 1.54) is 19.2 Å². The molecule has 0 aliphatic heterocycles. The number of hydrogen-bond acceptors (Lipinski definition) is 4. The molecule has 1 heterocycles. The Hall–Kier alpha value is -1.10. The molecule has 0 spiro atoms. The van der Waals surface area contributed by atoms with Gasteiger partial charge in [-0.1, -0.05) is 15.9 Å². The molecule has 1 aromatic heterocycles. The lowest BCUT2D eigenvalue weighted by molar-refractivity contribution is 0.0563. The number of furan rings is 1. The predicted molar refractivity (Wildman–Crippen MR) is 48.2 cm³/mol. The van der Waals surface area contributed by atoms with Crippen LogP contribution in [0.15, 0.2) is 16.5 Å². The van der Waals surface area contributed by atoms with Crippen LogP contribution in [0.5, 0.6) is 0 Å². The van der Waals surface area contributed by atoms with E-state index in [0.29, 0.717) is 0 Å². The van der Waals surface area contributed by atoms with E-state index in [0.717, 1.165) is 0 Å². The molecule has 0 unspecified atom stereocenters. The topological polar surface area (TPSA) is 56.5 Å². The van der Waals surface area contributed by atoms with Crippen molar-refractivity contribution in [1.29, 1.82) is 0 Å². The van der Waals surface area contributed by atoms with Crippen LogP contribution in [0.25, 0.3) is 0 Å². The monoisotopic (exact) mass is 246 g/mol. The number of methoxy groups -OCH3 is 1. The standard InChI is InChI=1S/C8H7BrO4/c1-12-8(11)7-3-2-6(13-7)5(10)4-9/h2-3H,4H2,1H3. The lowest BCUT2D eigenvalue weighted by atomic mass is 10.3. The SMILES string of the molecule is COC(=O)c1ccc(C(=O)CBr)o1. The zero-order valence-electron chi connectivity index (χ0n) is 6.87. The minimum Gasteiger partial charge on any atom is -0.463 e. The summed E-state index contributed by atoms with van der Waals surface area (Å²) in [6.45, 7) is 0. The number of rotatable bonds is 3. The van der Waals surface area contributed by atoms with Gasteiger partial charge in [0.25, 0.3) is 0 Å². The molecule has 0 amide bonds. The lowest BCUT2D eigenvalue weighted by Crippen LogP contribution is -2.00. The second-order valence-corrected chi connectivity index (χ2v) is 2.77. The summed E-state index contributed by atoms with van der Waals surface area (Å²) in [6, 6.07) is 2.84. The molecule has 1 aromatic rings. The molecule has 0 bridgehead atoms. The molecule has 0 radical (unpaired) electrons. The summed E-state index contributed by atoms with van der Waals surface area (Å²) in [5.41, 5.74) is 0. The Bertz CT molecular complexity index is 298. The van der Waals surface area contributed by atoms with Crippen LogP contribution in [-0.2, 0) is 4.74 Å². The van der Waals surface area contributed by atoms with Crippen LogP contribution in [0.4, 0.5) is 0 Å². The molecule has 1 rings (SSSR count). The van der Waals surface area contributed by atoms with E-state index < -0.39 is 5.97 Å². The van der Waals surface area contributed by atoms with Crippen molar-refractivity contribution in [3.05, 3.63) is 23.7 Å². The summed E-state index contributed by atoms with van der Waals surface area (Å²) in [7, 11) is 1.25. The molecule has 0 fully saturated rings. The second kappa shape index (κ2) is 4.23. The van der Waals surface area contributed by atoms with Crippen molar-refractivity contribution in [2.24, 2.45) is 0 Å². The van der Waals surface area contributed by atoms with Crippen LogP contribution in [0, 0.1) is 0 Å². The van der Waals surface area contributed by atoms with E-state index in [-0.39, 0.29) is 22.6 Å². The molecule has 0 atom stereocenters. The number of esters is 1. The molecular weight excluding hydrogens is 240 g/mol. The van der Waals surface area contributed by atoms with E-state index >= 15 is 0 Å². The molecule has 4 nitrogen and oxygen atoms in total. The van der Waals surface area contributed by atoms with E-state index in [2.05, 4.69) is 20.7 Å². The summed E-state index contributed by atoms with van der Waals surface area (Å²) in [5, 5.41) is 0.168. The zero-order valence-corrected chi connectivity index (χ0v) is 8.46. The van der Waals surface area contributed by atoms with Crippen molar-refractivity contribution in [3.8, 4) is 0 Å². The first kappa shape index (κ1) is 9.98. The first-order valence-electron chi connectivity index (χ1n) is 3.46. The van der Waals surface area contributed by atoms with Crippen molar-refractivity contribution < 1.29 is 18.7 Å². The van der Waals surface area contributed by atoms with Crippen molar-refractivity contribution in [2.75, 3.05) is 12.4 Å². The Balaban J connectivity index is 2.86. The maximum absolute atomic E-state index is 11.0. The predicted octanol–water partition coefficient (Wildman–Crippen LogP) is 1.64. The number of ether oxygens (including phenoxy) is 1. The minimum atomic E-state index is -0.589. The van der Waals surface area contributed by atoms with E-state index in [1.807, 2.05) is 0 Å². The van der Waals surface area contributed by atoms with E-state index in [4.69, 9.17) is 4.42 Å². The first-order chi connectivity index (χ1) is 6.19. The molecule has 5 heteroatoms. The fourth-order valence-electron chi connectivity index (χ4n) is 0.764. The Morgan fingerprint density at radius 2 is 2.08 bits per heavy atom. The molecule has 13 heavy (non-hydrogen) atoms. The van der Waals surface area contributed by atoms with Gasteiger partial charge in [-0.25, -0.2) is 4.79 Å². The van der Waals surface area contributed by atoms with Gasteiger partial charge >= 0.3 is 5.97 Å². The van der Waals surface area contributed by atoms with Gasteiger partial charge < -0.3 is 9.15 Å². The number of carbonyl (C=O) groups is 2. The molecule has 0 N–H and O–H groups in total. The minimum absolute atomic E-state index is 0.0341. The van der Waals surface area contributed by atoms with E-state index in [9.17, 15) is 9.59 Å². The second-order valence-electron chi connectivity index (χ2n) is 2.21. The van der Waals surface area contributed by atoms with Gasteiger partial charge in [-0.15, -0.1) is 0 Å². The summed E-state index contributed by atoms with van der Waals surface area (Å²) in [4.78, 5) is 21.9. The van der Waals surface area contributed by atoms with Gasteiger partial charge in [0.2, 0.25) is 11.5 Å². The highest BCUT2D eigenvalue weighted by Crippen LogP contribution is 2.10. The average molecular weight is 247 g/mol. The number of Topliss-reactive ketones (excluding diaryl/α,β-unsaturated/α-hetero) is 1. The van der Waals surface area contributed by atoms with Crippen LogP contribution < -0.4 is 0 Å². The quantitative estimate of drug-likeness (QED) is 0.463. The highest BCUT2D eigenvalue weighted by molar-refractivity contribution is 9.09. The Morgan fingerprint density at radius 1 is 1.46 bits per heavy atom. The van der Waals surface area contributed by atoms with Gasteiger partial charge in [0.1, 0.15) is 0 Å². The first-order valence-corrected chi connectivity index (χ1v) is 4.58. The highest BCUT2D eigenvalue weighted by Gasteiger charge is 2.14. The third-order valence-electron chi connectivity index (χ3n) is 1.39. The van der Waals surface area contributed by atoms with Crippen LogP contribution >= 0.6 is 15.9 Å². The van der Waals surface area contributed by atoms with Gasteiger partial charge in [-0.3, -0.25) is 4.79 Å². The van der Waals surface area contributed by atoms with Crippen LogP contribution in [0.3, 0.4) is 0 Å². The van der Waals surface area contributed by atoms with Gasteiger partial charge in [-0.05, 0) is 12.1 Å². The number of ketones is 1. The summed E-state index contributed by atoms with van der Waals surface area (Å²) in [5.74, 6) is -0.618.